The van der Waals surface area contributed by atoms with E-state index in [1.54, 1.807) is 0 Å². The first-order valence-electron chi connectivity index (χ1n) is 8.81. The number of ketones is 1. The van der Waals surface area contributed by atoms with E-state index in [4.69, 9.17) is 0 Å². The highest BCUT2D eigenvalue weighted by molar-refractivity contribution is 6.33. The lowest BCUT2D eigenvalue weighted by molar-refractivity contribution is -0.121. The van der Waals surface area contributed by atoms with Crippen LogP contribution in [-0.4, -0.2) is 10.9 Å². The number of Topliss-reactive ketones (excluding diaryl/α,β-unsaturated/α-hetero) is 1. The number of carbonyl (C=O) groups is 1. The maximum atomic E-state index is 13.3. The van der Waals surface area contributed by atoms with Crippen molar-refractivity contribution >= 4 is 16.9 Å². The molecule has 0 saturated heterocycles. The lowest BCUT2D eigenvalue weighted by atomic mass is 9.78. The number of carbonyl (C=O) groups excluding carboxylic acids is 1. The molecule has 1 aliphatic carbocycles. The monoisotopic (exact) mass is 340 g/mol. The SMILES string of the molecule is C[C@@H]1C(=O)C(c2ccccc2)=C(c2ccccc2)[C@]1(O)c1ccccc1. The Labute approximate surface area is 153 Å². The molecule has 1 N–H and O–H groups in total. The Kier molecular flexibility index (Phi) is 4.06. The van der Waals surface area contributed by atoms with Crippen LogP contribution in [0.25, 0.3) is 11.1 Å². The minimum absolute atomic E-state index is 0.0265. The third-order valence-electron chi connectivity index (χ3n) is 5.24. The Bertz CT molecular complexity index is 959. The van der Waals surface area contributed by atoms with Crippen LogP contribution in [0.3, 0.4) is 0 Å². The van der Waals surface area contributed by atoms with Crippen molar-refractivity contribution in [3.63, 3.8) is 0 Å². The maximum Gasteiger partial charge on any atom is 0.170 e. The summed E-state index contributed by atoms with van der Waals surface area (Å²) in [7, 11) is 0. The van der Waals surface area contributed by atoms with E-state index in [0.29, 0.717) is 11.1 Å². The van der Waals surface area contributed by atoms with Gasteiger partial charge in [-0.25, -0.2) is 0 Å². The summed E-state index contributed by atoms with van der Waals surface area (Å²) < 4.78 is 0. The summed E-state index contributed by atoms with van der Waals surface area (Å²) >= 11 is 0. The number of hydrogen-bond donors (Lipinski definition) is 1. The first-order valence-corrected chi connectivity index (χ1v) is 8.81. The Morgan fingerprint density at radius 1 is 0.731 bits per heavy atom. The first kappa shape index (κ1) is 16.5. The van der Waals surface area contributed by atoms with Gasteiger partial charge in [0.05, 0.1) is 5.92 Å². The molecular formula is C24H20O2. The topological polar surface area (TPSA) is 37.3 Å². The lowest BCUT2D eigenvalue weighted by Crippen LogP contribution is -2.33. The molecule has 0 fully saturated rings. The molecule has 0 bridgehead atoms. The van der Waals surface area contributed by atoms with Crippen LogP contribution >= 0.6 is 0 Å². The molecule has 2 heteroatoms. The average molecular weight is 340 g/mol. The third-order valence-corrected chi connectivity index (χ3v) is 5.24. The van der Waals surface area contributed by atoms with Gasteiger partial charge < -0.3 is 5.11 Å². The zero-order valence-electron chi connectivity index (χ0n) is 14.6. The van der Waals surface area contributed by atoms with Gasteiger partial charge in [0.1, 0.15) is 5.60 Å². The van der Waals surface area contributed by atoms with E-state index in [1.807, 2.05) is 97.9 Å². The zero-order chi connectivity index (χ0) is 18.1. The summed E-state index contributed by atoms with van der Waals surface area (Å²) in [4.78, 5) is 13.3. The van der Waals surface area contributed by atoms with Gasteiger partial charge in [0.25, 0.3) is 0 Å². The normalized spacial score (nSPS) is 22.7. The summed E-state index contributed by atoms with van der Waals surface area (Å²) in [5.74, 6) is -0.586. The number of benzene rings is 3. The van der Waals surface area contributed by atoms with E-state index in [2.05, 4.69) is 0 Å². The fraction of sp³-hybridized carbons (Fsp3) is 0.125. The van der Waals surface area contributed by atoms with Crippen molar-refractivity contribution in [3.05, 3.63) is 108 Å². The second-order valence-electron chi connectivity index (χ2n) is 6.70. The molecule has 0 spiro atoms. The van der Waals surface area contributed by atoms with Crippen LogP contribution in [0.1, 0.15) is 23.6 Å². The summed E-state index contributed by atoms with van der Waals surface area (Å²) in [6.07, 6.45) is 0. The van der Waals surface area contributed by atoms with E-state index in [1.165, 1.54) is 0 Å². The molecule has 0 saturated carbocycles. The van der Waals surface area contributed by atoms with Gasteiger partial charge in [-0.15, -0.1) is 0 Å². The Hall–Kier alpha value is -2.97. The van der Waals surface area contributed by atoms with E-state index in [9.17, 15) is 9.90 Å². The van der Waals surface area contributed by atoms with Crippen molar-refractivity contribution in [1.29, 1.82) is 0 Å². The third kappa shape index (κ3) is 2.42. The maximum absolute atomic E-state index is 13.3. The molecule has 0 aliphatic heterocycles. The second kappa shape index (κ2) is 6.40. The van der Waals surface area contributed by atoms with Crippen molar-refractivity contribution in [2.45, 2.75) is 12.5 Å². The van der Waals surface area contributed by atoms with Gasteiger partial charge in [-0.05, 0) is 16.7 Å². The molecule has 3 aromatic carbocycles. The summed E-state index contributed by atoms with van der Waals surface area (Å²) in [5, 5.41) is 11.9. The standard InChI is InChI=1S/C24H20O2/c1-17-23(25)21(18-11-5-2-6-12-18)22(19-13-7-3-8-14-19)24(17,26)20-15-9-4-10-16-20/h2-17,26H,1H3/t17-,24-/m1/s1. The molecule has 0 radical (unpaired) electrons. The minimum atomic E-state index is -1.36. The van der Waals surface area contributed by atoms with Crippen LogP contribution in [0, 0.1) is 5.92 Å². The first-order chi connectivity index (χ1) is 12.6. The fourth-order valence-corrected chi connectivity index (χ4v) is 3.88. The van der Waals surface area contributed by atoms with Crippen molar-refractivity contribution in [2.75, 3.05) is 0 Å². The number of aliphatic hydroxyl groups is 1. The number of rotatable bonds is 3. The molecule has 0 amide bonds. The van der Waals surface area contributed by atoms with Crippen molar-refractivity contribution < 1.29 is 9.90 Å². The van der Waals surface area contributed by atoms with Crippen LogP contribution in [0.5, 0.6) is 0 Å². The molecule has 3 aromatic rings. The highest BCUT2D eigenvalue weighted by Crippen LogP contribution is 2.52. The Morgan fingerprint density at radius 2 is 1.19 bits per heavy atom. The molecular weight excluding hydrogens is 320 g/mol. The Balaban J connectivity index is 2.06. The summed E-state index contributed by atoms with van der Waals surface area (Å²) in [5.41, 5.74) is 2.39. The highest BCUT2D eigenvalue weighted by atomic mass is 16.3. The fourth-order valence-electron chi connectivity index (χ4n) is 3.88. The molecule has 0 unspecified atom stereocenters. The van der Waals surface area contributed by atoms with Gasteiger partial charge >= 0.3 is 0 Å². The molecule has 26 heavy (non-hydrogen) atoms. The van der Waals surface area contributed by atoms with Crippen LogP contribution < -0.4 is 0 Å². The van der Waals surface area contributed by atoms with Gasteiger partial charge in [0, 0.05) is 11.1 Å². The van der Waals surface area contributed by atoms with Crippen LogP contribution in [0.2, 0.25) is 0 Å². The molecule has 1 aliphatic rings. The largest absolute Gasteiger partial charge is 0.380 e. The summed E-state index contributed by atoms with van der Waals surface area (Å²) in [6.45, 7) is 1.81. The lowest BCUT2D eigenvalue weighted by Gasteiger charge is -2.31. The van der Waals surface area contributed by atoms with Gasteiger partial charge in [-0.2, -0.15) is 0 Å². The molecule has 2 nitrogen and oxygen atoms in total. The molecule has 4 rings (SSSR count). The van der Waals surface area contributed by atoms with Gasteiger partial charge in [-0.3, -0.25) is 4.79 Å². The predicted octanol–water partition coefficient (Wildman–Crippen LogP) is 4.70. The molecule has 128 valence electrons. The number of allylic oxidation sites excluding steroid dienone is 1. The van der Waals surface area contributed by atoms with Gasteiger partial charge in [0.2, 0.25) is 0 Å². The van der Waals surface area contributed by atoms with E-state index >= 15 is 0 Å². The smallest absolute Gasteiger partial charge is 0.170 e. The second-order valence-corrected chi connectivity index (χ2v) is 6.70. The zero-order valence-corrected chi connectivity index (χ0v) is 14.6. The molecule has 0 heterocycles. The Morgan fingerprint density at radius 3 is 1.73 bits per heavy atom. The predicted molar refractivity (Wildman–Crippen MR) is 104 cm³/mol. The van der Waals surface area contributed by atoms with Crippen molar-refractivity contribution in [2.24, 2.45) is 5.92 Å². The van der Waals surface area contributed by atoms with Gasteiger partial charge in [0.15, 0.2) is 5.78 Å². The van der Waals surface area contributed by atoms with Crippen LogP contribution in [0.15, 0.2) is 91.0 Å². The van der Waals surface area contributed by atoms with E-state index in [0.717, 1.165) is 16.7 Å². The number of hydrogen-bond acceptors (Lipinski definition) is 2. The highest BCUT2D eigenvalue weighted by Gasteiger charge is 2.52. The molecule has 2 atom stereocenters. The van der Waals surface area contributed by atoms with Crippen LogP contribution in [-0.2, 0) is 10.4 Å². The van der Waals surface area contributed by atoms with Crippen molar-refractivity contribution in [3.8, 4) is 0 Å². The average Bonchev–Trinajstić information content (AvgIpc) is 2.92. The molecule has 0 aromatic heterocycles. The van der Waals surface area contributed by atoms with Crippen LogP contribution in [0.4, 0.5) is 0 Å². The summed E-state index contributed by atoms with van der Waals surface area (Å²) in [6, 6.07) is 28.8. The minimum Gasteiger partial charge on any atom is -0.380 e. The van der Waals surface area contributed by atoms with Gasteiger partial charge in [-0.1, -0.05) is 97.9 Å². The van der Waals surface area contributed by atoms with E-state index < -0.39 is 11.5 Å². The quantitative estimate of drug-likeness (QED) is 0.750. The van der Waals surface area contributed by atoms with Crippen molar-refractivity contribution in [1.82, 2.24) is 0 Å². The van der Waals surface area contributed by atoms with E-state index in [-0.39, 0.29) is 5.78 Å².